The number of hydrogen-bond donors (Lipinski definition) is 3. The minimum atomic E-state index is -1.24. The van der Waals surface area contributed by atoms with Crippen molar-refractivity contribution in [2.24, 2.45) is 0 Å². The molecule has 0 saturated heterocycles. The first-order chi connectivity index (χ1) is 17.0. The zero-order valence-electron chi connectivity index (χ0n) is 18.7. The Kier molecular flexibility index (Phi) is 7.07. The van der Waals surface area contributed by atoms with Gasteiger partial charge in [-0.05, 0) is 22.3 Å². The highest BCUT2D eigenvalue weighted by atomic mass is 16.5. The maximum atomic E-state index is 12.3. The number of fused-ring (bicyclic) bond motifs is 3. The first kappa shape index (κ1) is 23.5. The summed E-state index contributed by atoms with van der Waals surface area (Å²) in [6.45, 7) is 0.628. The Labute approximate surface area is 201 Å². The van der Waals surface area contributed by atoms with Crippen LogP contribution in [0.1, 0.15) is 34.0 Å². The predicted octanol–water partition coefficient (Wildman–Crippen LogP) is 2.02. The van der Waals surface area contributed by atoms with Crippen molar-refractivity contribution in [3.8, 4) is 23.5 Å². The number of carboxylic acid groups (broad SMARTS) is 1. The number of ether oxygens (including phenoxy) is 1. The quantitative estimate of drug-likeness (QED) is 0.405. The van der Waals surface area contributed by atoms with Crippen molar-refractivity contribution in [2.75, 3.05) is 13.2 Å². The van der Waals surface area contributed by atoms with Crippen molar-refractivity contribution in [1.29, 1.82) is 0 Å². The summed E-state index contributed by atoms with van der Waals surface area (Å²) in [6.07, 6.45) is 5.75. The van der Waals surface area contributed by atoms with Crippen LogP contribution in [0.2, 0.25) is 0 Å². The molecule has 0 saturated carbocycles. The molecule has 1 aromatic heterocycles. The predicted molar refractivity (Wildman–Crippen MR) is 125 cm³/mol. The van der Waals surface area contributed by atoms with Gasteiger partial charge >= 0.3 is 12.1 Å². The summed E-state index contributed by atoms with van der Waals surface area (Å²) in [5.74, 6) is 0.220. The van der Waals surface area contributed by atoms with Crippen molar-refractivity contribution < 1.29 is 24.2 Å². The number of nitrogens with zero attached hydrogens (tertiary/aromatic N) is 3. The minimum absolute atomic E-state index is 0.0337. The zero-order chi connectivity index (χ0) is 24.8. The maximum Gasteiger partial charge on any atom is 0.407 e. The van der Waals surface area contributed by atoms with Crippen LogP contribution in [-0.4, -0.2) is 57.3 Å². The van der Waals surface area contributed by atoms with Gasteiger partial charge in [-0.25, -0.2) is 14.3 Å². The molecule has 10 heteroatoms. The second kappa shape index (κ2) is 10.5. The highest BCUT2D eigenvalue weighted by Gasteiger charge is 2.29. The molecular formula is C25H23N5O5. The molecule has 1 aliphatic rings. The fourth-order valence-corrected chi connectivity index (χ4v) is 3.98. The van der Waals surface area contributed by atoms with Crippen LogP contribution in [0.25, 0.3) is 11.1 Å². The number of rotatable bonds is 9. The summed E-state index contributed by atoms with van der Waals surface area (Å²) < 4.78 is 6.84. The van der Waals surface area contributed by atoms with E-state index in [-0.39, 0.29) is 37.7 Å². The topological polar surface area (TPSA) is 135 Å². The summed E-state index contributed by atoms with van der Waals surface area (Å²) in [4.78, 5) is 35.5. The highest BCUT2D eigenvalue weighted by Crippen LogP contribution is 2.44. The van der Waals surface area contributed by atoms with Crippen LogP contribution in [-0.2, 0) is 16.1 Å². The summed E-state index contributed by atoms with van der Waals surface area (Å²) in [7, 11) is 0. The molecule has 0 spiro atoms. The largest absolute Gasteiger partial charge is 0.480 e. The number of aliphatic carboxylic acids is 1. The van der Waals surface area contributed by atoms with Gasteiger partial charge in [0.15, 0.2) is 5.69 Å². The van der Waals surface area contributed by atoms with Gasteiger partial charge in [0.1, 0.15) is 12.6 Å². The number of carbonyl (C=O) groups excluding carboxylic acids is 2. The van der Waals surface area contributed by atoms with E-state index < -0.39 is 24.0 Å². The molecule has 0 aliphatic heterocycles. The number of amides is 2. The van der Waals surface area contributed by atoms with E-state index in [4.69, 9.17) is 16.3 Å². The number of carbonyl (C=O) groups is 3. The zero-order valence-corrected chi connectivity index (χ0v) is 18.7. The van der Waals surface area contributed by atoms with Crippen LogP contribution in [0, 0.1) is 12.3 Å². The first-order valence-electron chi connectivity index (χ1n) is 10.9. The Bertz CT molecular complexity index is 1250. The molecule has 1 unspecified atom stereocenters. The van der Waals surface area contributed by atoms with Gasteiger partial charge in [0.2, 0.25) is 0 Å². The van der Waals surface area contributed by atoms with Crippen LogP contribution in [0.3, 0.4) is 0 Å². The molecule has 0 bridgehead atoms. The molecule has 2 aromatic carbocycles. The molecule has 2 amide bonds. The lowest BCUT2D eigenvalue weighted by Gasteiger charge is -2.14. The van der Waals surface area contributed by atoms with E-state index in [9.17, 15) is 14.4 Å². The molecule has 3 aromatic rings. The van der Waals surface area contributed by atoms with Crippen LogP contribution in [0.15, 0.2) is 54.7 Å². The minimum Gasteiger partial charge on any atom is -0.480 e. The lowest BCUT2D eigenvalue weighted by Crippen LogP contribution is -2.40. The number of hydrogen-bond acceptors (Lipinski definition) is 6. The standard InChI is InChI=1S/C25H23N5O5/c1-2-7-21(24(32)33)27-23(31)22-14-30(29-28-22)13-12-26-25(34)35-15-20-18-10-5-3-8-16(18)17-9-4-6-11-19(17)20/h1,3-6,8-11,14,20-21H,7,12-13,15H2,(H,26,34)(H,27,31)(H,32,33). The Morgan fingerprint density at radius 2 is 1.77 bits per heavy atom. The van der Waals surface area contributed by atoms with Gasteiger partial charge in [0, 0.05) is 18.9 Å². The molecular weight excluding hydrogens is 450 g/mol. The van der Waals surface area contributed by atoms with Crippen molar-refractivity contribution in [2.45, 2.75) is 24.9 Å². The molecule has 178 valence electrons. The Hall–Kier alpha value is -4.65. The molecule has 0 radical (unpaired) electrons. The molecule has 0 fully saturated rings. The van der Waals surface area contributed by atoms with Gasteiger partial charge in [0.25, 0.3) is 5.91 Å². The van der Waals surface area contributed by atoms with Crippen molar-refractivity contribution >= 4 is 18.0 Å². The van der Waals surface area contributed by atoms with Crippen LogP contribution >= 0.6 is 0 Å². The molecule has 1 aliphatic carbocycles. The number of terminal acetylenes is 1. The average molecular weight is 473 g/mol. The SMILES string of the molecule is C#CCC(NC(=O)c1cn(CCNC(=O)OCC2c3ccccc3-c3ccccc32)nn1)C(=O)O. The second-order valence-electron chi connectivity index (χ2n) is 7.89. The lowest BCUT2D eigenvalue weighted by atomic mass is 9.98. The van der Waals surface area contributed by atoms with E-state index >= 15 is 0 Å². The van der Waals surface area contributed by atoms with E-state index in [1.807, 2.05) is 36.4 Å². The van der Waals surface area contributed by atoms with Gasteiger partial charge < -0.3 is 20.5 Å². The lowest BCUT2D eigenvalue weighted by molar-refractivity contribution is -0.139. The van der Waals surface area contributed by atoms with Crippen molar-refractivity contribution in [1.82, 2.24) is 25.6 Å². The van der Waals surface area contributed by atoms with Crippen LogP contribution < -0.4 is 10.6 Å². The maximum absolute atomic E-state index is 12.3. The number of alkyl carbamates (subject to hydrolysis) is 1. The monoisotopic (exact) mass is 473 g/mol. The van der Waals surface area contributed by atoms with E-state index in [1.165, 1.54) is 10.9 Å². The number of nitrogens with one attached hydrogen (secondary N) is 2. The normalized spacial score (nSPS) is 12.7. The second-order valence-corrected chi connectivity index (χ2v) is 7.89. The van der Waals surface area contributed by atoms with Crippen molar-refractivity contribution in [3.63, 3.8) is 0 Å². The first-order valence-corrected chi connectivity index (χ1v) is 10.9. The molecule has 10 nitrogen and oxygen atoms in total. The summed E-state index contributed by atoms with van der Waals surface area (Å²) in [5.41, 5.74) is 4.49. The average Bonchev–Trinajstić information content (AvgIpc) is 3.45. The van der Waals surface area contributed by atoms with E-state index in [1.54, 1.807) is 0 Å². The molecule has 1 heterocycles. The summed E-state index contributed by atoms with van der Waals surface area (Å²) in [6, 6.07) is 14.9. The van der Waals surface area contributed by atoms with Gasteiger partial charge in [-0.2, -0.15) is 0 Å². The third-order valence-electron chi connectivity index (χ3n) is 5.65. The Balaban J connectivity index is 1.26. The molecule has 4 rings (SSSR count). The van der Waals surface area contributed by atoms with Gasteiger partial charge in [-0.15, -0.1) is 17.4 Å². The van der Waals surface area contributed by atoms with Crippen LogP contribution in [0.4, 0.5) is 4.79 Å². The number of benzene rings is 2. The van der Waals surface area contributed by atoms with E-state index in [0.29, 0.717) is 0 Å². The number of aromatic nitrogens is 3. The molecule has 3 N–H and O–H groups in total. The fourth-order valence-electron chi connectivity index (χ4n) is 3.98. The smallest absolute Gasteiger partial charge is 0.407 e. The van der Waals surface area contributed by atoms with Gasteiger partial charge in [0.05, 0.1) is 12.7 Å². The third-order valence-corrected chi connectivity index (χ3v) is 5.65. The molecule has 1 atom stereocenters. The Morgan fingerprint density at radius 3 is 2.40 bits per heavy atom. The van der Waals surface area contributed by atoms with Crippen LogP contribution in [0.5, 0.6) is 0 Å². The van der Waals surface area contributed by atoms with Gasteiger partial charge in [-0.3, -0.25) is 4.79 Å². The fraction of sp³-hybridized carbons (Fsp3) is 0.240. The number of carboxylic acids is 1. The van der Waals surface area contributed by atoms with E-state index in [0.717, 1.165) is 22.3 Å². The molecule has 35 heavy (non-hydrogen) atoms. The van der Waals surface area contributed by atoms with E-state index in [2.05, 4.69) is 39.0 Å². The summed E-state index contributed by atoms with van der Waals surface area (Å²) in [5, 5.41) is 21.6. The van der Waals surface area contributed by atoms with Crippen molar-refractivity contribution in [3.05, 3.63) is 71.5 Å². The summed E-state index contributed by atoms with van der Waals surface area (Å²) >= 11 is 0. The Morgan fingerprint density at radius 1 is 1.11 bits per heavy atom. The van der Waals surface area contributed by atoms with Gasteiger partial charge in [-0.1, -0.05) is 53.7 Å². The highest BCUT2D eigenvalue weighted by molar-refractivity contribution is 5.94. The third kappa shape index (κ3) is 5.30.